The van der Waals surface area contributed by atoms with Gasteiger partial charge >= 0.3 is 0 Å². The van der Waals surface area contributed by atoms with Crippen LogP contribution in [0.1, 0.15) is 11.1 Å². The Kier molecular flexibility index (Phi) is 6.71. The second kappa shape index (κ2) is 9.44. The van der Waals surface area contributed by atoms with E-state index in [0.717, 1.165) is 11.1 Å². The third kappa shape index (κ3) is 5.29. The van der Waals surface area contributed by atoms with Gasteiger partial charge in [0.05, 0.1) is 26.2 Å². The number of nitrogens with one attached hydrogen (secondary N) is 1. The van der Waals surface area contributed by atoms with Crippen LogP contribution in [-0.4, -0.2) is 29.7 Å². The minimum atomic E-state index is -3.72. The monoisotopic (exact) mass is 440 g/mol. The van der Waals surface area contributed by atoms with Crippen LogP contribution in [0.25, 0.3) is 12.2 Å². The number of hydrogen-bond acceptors (Lipinski definition) is 6. The van der Waals surface area contributed by atoms with E-state index >= 15 is 0 Å². The van der Waals surface area contributed by atoms with E-state index in [4.69, 9.17) is 19.9 Å². The first kappa shape index (κ1) is 22.0. The summed E-state index contributed by atoms with van der Waals surface area (Å²) in [5.41, 5.74) is 8.22. The van der Waals surface area contributed by atoms with E-state index < -0.39 is 10.0 Å². The molecule has 31 heavy (non-hydrogen) atoms. The molecule has 0 bridgehead atoms. The molecule has 0 spiro atoms. The number of nitrogens with two attached hydrogens (primary N) is 1. The normalized spacial score (nSPS) is 11.3. The molecule has 162 valence electrons. The minimum Gasteiger partial charge on any atom is -0.493 e. The van der Waals surface area contributed by atoms with Gasteiger partial charge in [0.25, 0.3) is 10.0 Å². The summed E-state index contributed by atoms with van der Waals surface area (Å²) in [7, 11) is 0.946. The molecule has 0 unspecified atom stereocenters. The van der Waals surface area contributed by atoms with Crippen molar-refractivity contribution in [3.05, 3.63) is 71.8 Å². The Bertz CT molecular complexity index is 1160. The van der Waals surface area contributed by atoms with Crippen LogP contribution in [0.2, 0.25) is 0 Å². The van der Waals surface area contributed by atoms with E-state index in [0.29, 0.717) is 28.6 Å². The Hall–Kier alpha value is -3.65. The highest BCUT2D eigenvalue weighted by atomic mass is 32.2. The zero-order valence-electron chi connectivity index (χ0n) is 17.5. The fraction of sp³-hybridized carbons (Fsp3) is 0.130. The summed E-state index contributed by atoms with van der Waals surface area (Å²) in [6, 6.07) is 16.7. The first-order chi connectivity index (χ1) is 14.9. The average molecular weight is 441 g/mol. The van der Waals surface area contributed by atoms with Crippen LogP contribution in [-0.2, 0) is 10.0 Å². The fourth-order valence-corrected chi connectivity index (χ4v) is 4.01. The molecule has 0 fully saturated rings. The zero-order valence-corrected chi connectivity index (χ0v) is 18.3. The van der Waals surface area contributed by atoms with E-state index in [9.17, 15) is 8.42 Å². The lowest BCUT2D eigenvalue weighted by molar-refractivity contribution is 0.324. The standard InChI is InChI=1S/C23H24N2O5S/c1-28-21-14-17(15-22(29-2)23(21)30-3)8-7-16-5-4-6-19(13-16)25-31(26,27)20-11-9-18(24)10-12-20/h4-15,25H,24H2,1-3H3. The SMILES string of the molecule is COc1cc(C=Cc2cccc(NS(=O)(=O)c3ccc(N)cc3)c2)cc(OC)c1OC. The molecule has 0 aliphatic carbocycles. The molecular formula is C23H24N2O5S. The maximum atomic E-state index is 12.6. The van der Waals surface area contributed by atoms with Gasteiger partial charge in [-0.05, 0) is 59.7 Å². The Morgan fingerprint density at radius 2 is 1.42 bits per heavy atom. The molecule has 0 atom stereocenters. The molecule has 0 radical (unpaired) electrons. The van der Waals surface area contributed by atoms with Crippen LogP contribution in [0.3, 0.4) is 0 Å². The highest BCUT2D eigenvalue weighted by Gasteiger charge is 2.14. The van der Waals surface area contributed by atoms with Crippen molar-refractivity contribution in [3.8, 4) is 17.2 Å². The maximum absolute atomic E-state index is 12.6. The van der Waals surface area contributed by atoms with Crippen LogP contribution in [0.15, 0.2) is 65.6 Å². The molecule has 0 heterocycles. The average Bonchev–Trinajstić information content (AvgIpc) is 2.77. The van der Waals surface area contributed by atoms with Crippen molar-refractivity contribution >= 4 is 33.6 Å². The zero-order chi connectivity index (χ0) is 22.4. The van der Waals surface area contributed by atoms with E-state index in [1.807, 2.05) is 30.4 Å². The van der Waals surface area contributed by atoms with Crippen molar-refractivity contribution in [1.82, 2.24) is 0 Å². The predicted molar refractivity (Wildman–Crippen MR) is 123 cm³/mol. The van der Waals surface area contributed by atoms with E-state index in [2.05, 4.69) is 4.72 Å². The number of sulfonamides is 1. The summed E-state index contributed by atoms with van der Waals surface area (Å²) in [5.74, 6) is 1.61. The molecule has 3 aromatic rings. The molecule has 3 aromatic carbocycles. The number of methoxy groups -OCH3 is 3. The van der Waals surface area contributed by atoms with Gasteiger partial charge in [-0.1, -0.05) is 24.3 Å². The lowest BCUT2D eigenvalue weighted by Gasteiger charge is -2.13. The largest absolute Gasteiger partial charge is 0.493 e. The van der Waals surface area contributed by atoms with Gasteiger partial charge in [0.15, 0.2) is 11.5 Å². The van der Waals surface area contributed by atoms with Gasteiger partial charge in [0.2, 0.25) is 5.75 Å². The summed E-state index contributed by atoms with van der Waals surface area (Å²) in [5, 5.41) is 0. The Labute approximate surface area is 182 Å². The summed E-state index contributed by atoms with van der Waals surface area (Å²) in [6.45, 7) is 0. The van der Waals surface area contributed by atoms with E-state index in [-0.39, 0.29) is 4.90 Å². The Morgan fingerprint density at radius 3 is 2.00 bits per heavy atom. The molecule has 3 N–H and O–H groups in total. The number of nitrogen functional groups attached to an aromatic ring is 1. The lowest BCUT2D eigenvalue weighted by Crippen LogP contribution is -2.12. The number of anilines is 2. The molecule has 0 aliphatic heterocycles. The lowest BCUT2D eigenvalue weighted by atomic mass is 10.1. The van der Waals surface area contributed by atoms with Gasteiger partial charge < -0.3 is 19.9 Å². The van der Waals surface area contributed by atoms with Crippen molar-refractivity contribution in [2.45, 2.75) is 4.90 Å². The highest BCUT2D eigenvalue weighted by molar-refractivity contribution is 7.92. The summed E-state index contributed by atoms with van der Waals surface area (Å²) >= 11 is 0. The molecule has 0 aromatic heterocycles. The van der Waals surface area contributed by atoms with Crippen LogP contribution in [0, 0.1) is 0 Å². The number of rotatable bonds is 8. The Balaban J connectivity index is 1.84. The number of benzene rings is 3. The summed E-state index contributed by atoms with van der Waals surface area (Å²) in [4.78, 5) is 0.139. The number of hydrogen-bond donors (Lipinski definition) is 2. The quantitative estimate of drug-likeness (QED) is 0.401. The molecule has 0 saturated carbocycles. The smallest absolute Gasteiger partial charge is 0.261 e. The first-order valence-corrected chi connectivity index (χ1v) is 10.8. The number of ether oxygens (including phenoxy) is 3. The summed E-state index contributed by atoms with van der Waals surface area (Å²) < 4.78 is 43.9. The Morgan fingerprint density at radius 1 is 0.806 bits per heavy atom. The topological polar surface area (TPSA) is 99.9 Å². The molecule has 0 saturated heterocycles. The van der Waals surface area contributed by atoms with Crippen molar-refractivity contribution in [1.29, 1.82) is 0 Å². The van der Waals surface area contributed by atoms with E-state index in [1.165, 1.54) is 12.1 Å². The second-order valence-electron chi connectivity index (χ2n) is 6.59. The van der Waals surface area contributed by atoms with Gasteiger partial charge in [-0.25, -0.2) is 8.42 Å². The van der Waals surface area contributed by atoms with Gasteiger partial charge in [-0.3, -0.25) is 4.72 Å². The minimum absolute atomic E-state index is 0.139. The maximum Gasteiger partial charge on any atom is 0.261 e. The van der Waals surface area contributed by atoms with Crippen molar-refractivity contribution < 1.29 is 22.6 Å². The molecular weight excluding hydrogens is 416 g/mol. The first-order valence-electron chi connectivity index (χ1n) is 9.33. The van der Waals surface area contributed by atoms with Crippen LogP contribution < -0.4 is 24.7 Å². The second-order valence-corrected chi connectivity index (χ2v) is 8.27. The van der Waals surface area contributed by atoms with Gasteiger partial charge in [0, 0.05) is 11.4 Å². The van der Waals surface area contributed by atoms with Crippen LogP contribution in [0.4, 0.5) is 11.4 Å². The van der Waals surface area contributed by atoms with Gasteiger partial charge in [-0.15, -0.1) is 0 Å². The molecule has 8 heteroatoms. The van der Waals surface area contributed by atoms with Gasteiger partial charge in [-0.2, -0.15) is 0 Å². The van der Waals surface area contributed by atoms with Crippen LogP contribution in [0.5, 0.6) is 17.2 Å². The van der Waals surface area contributed by atoms with Crippen molar-refractivity contribution in [2.75, 3.05) is 31.8 Å². The third-order valence-electron chi connectivity index (χ3n) is 4.48. The summed E-state index contributed by atoms with van der Waals surface area (Å²) in [6.07, 6.45) is 3.74. The highest BCUT2D eigenvalue weighted by Crippen LogP contribution is 2.38. The fourth-order valence-electron chi connectivity index (χ4n) is 2.96. The molecule has 7 nitrogen and oxygen atoms in total. The predicted octanol–water partition coefficient (Wildman–Crippen LogP) is 4.27. The van der Waals surface area contributed by atoms with Crippen LogP contribution >= 0.6 is 0 Å². The van der Waals surface area contributed by atoms with Crippen molar-refractivity contribution in [3.63, 3.8) is 0 Å². The van der Waals surface area contributed by atoms with E-state index in [1.54, 1.807) is 51.7 Å². The molecule has 0 aliphatic rings. The third-order valence-corrected chi connectivity index (χ3v) is 5.88. The van der Waals surface area contributed by atoms with Gasteiger partial charge in [0.1, 0.15) is 0 Å². The molecule has 3 rings (SSSR count). The van der Waals surface area contributed by atoms with Crippen molar-refractivity contribution in [2.24, 2.45) is 0 Å². The molecule has 0 amide bonds.